The molecule has 0 saturated heterocycles. The standard InChI is InChI=1S/C16H17Cl2NO/c1-19-14(8-11-2-6-15(20)7-3-11)9-12-4-5-13(17)10-16(12)18/h2-7,10,14,19-20H,8-9H2,1H3. The van der Waals surface area contributed by atoms with Gasteiger partial charge in [-0.15, -0.1) is 0 Å². The predicted molar refractivity (Wildman–Crippen MR) is 84.8 cm³/mol. The lowest BCUT2D eigenvalue weighted by molar-refractivity contribution is 0.474. The van der Waals surface area contributed by atoms with E-state index in [1.165, 1.54) is 5.56 Å². The van der Waals surface area contributed by atoms with Crippen LogP contribution in [0, 0.1) is 0 Å². The molecule has 0 saturated carbocycles. The van der Waals surface area contributed by atoms with E-state index in [4.69, 9.17) is 23.2 Å². The van der Waals surface area contributed by atoms with Gasteiger partial charge < -0.3 is 10.4 Å². The number of hydrogen-bond acceptors (Lipinski definition) is 2. The van der Waals surface area contributed by atoms with Gasteiger partial charge in [0, 0.05) is 16.1 Å². The van der Waals surface area contributed by atoms with E-state index in [-0.39, 0.29) is 11.8 Å². The summed E-state index contributed by atoms with van der Waals surface area (Å²) >= 11 is 12.1. The summed E-state index contributed by atoms with van der Waals surface area (Å²) in [4.78, 5) is 0. The molecule has 0 fully saturated rings. The van der Waals surface area contributed by atoms with Crippen LogP contribution in [0.4, 0.5) is 0 Å². The fourth-order valence-corrected chi connectivity index (χ4v) is 2.63. The van der Waals surface area contributed by atoms with Crippen LogP contribution >= 0.6 is 23.2 Å². The van der Waals surface area contributed by atoms with E-state index in [2.05, 4.69) is 5.32 Å². The number of aromatic hydroxyl groups is 1. The van der Waals surface area contributed by atoms with Crippen LogP contribution in [0.3, 0.4) is 0 Å². The number of halogens is 2. The molecule has 0 radical (unpaired) electrons. The highest BCUT2D eigenvalue weighted by Crippen LogP contribution is 2.23. The third-order valence-electron chi connectivity index (χ3n) is 3.31. The lowest BCUT2D eigenvalue weighted by Crippen LogP contribution is -2.30. The topological polar surface area (TPSA) is 32.3 Å². The number of nitrogens with one attached hydrogen (secondary N) is 1. The fourth-order valence-electron chi connectivity index (χ4n) is 2.15. The Bertz CT molecular complexity index is 569. The van der Waals surface area contributed by atoms with Crippen molar-refractivity contribution in [1.29, 1.82) is 0 Å². The molecule has 0 aliphatic heterocycles. The third kappa shape index (κ3) is 4.14. The first-order valence-electron chi connectivity index (χ1n) is 6.47. The summed E-state index contributed by atoms with van der Waals surface area (Å²) in [6.07, 6.45) is 1.70. The van der Waals surface area contributed by atoms with Gasteiger partial charge in [0.15, 0.2) is 0 Å². The minimum Gasteiger partial charge on any atom is -0.508 e. The Morgan fingerprint density at radius 2 is 1.75 bits per heavy atom. The highest BCUT2D eigenvalue weighted by molar-refractivity contribution is 6.35. The molecule has 0 bridgehead atoms. The molecule has 20 heavy (non-hydrogen) atoms. The molecule has 4 heteroatoms. The summed E-state index contributed by atoms with van der Waals surface area (Å²) in [5.41, 5.74) is 2.25. The SMILES string of the molecule is CNC(Cc1ccc(O)cc1)Cc1ccc(Cl)cc1Cl. The maximum atomic E-state index is 9.30. The first-order chi connectivity index (χ1) is 9.58. The zero-order valence-corrected chi connectivity index (χ0v) is 12.7. The predicted octanol–water partition coefficient (Wildman–Crippen LogP) is 4.07. The lowest BCUT2D eigenvalue weighted by Gasteiger charge is -2.17. The van der Waals surface area contributed by atoms with Gasteiger partial charge in [0.1, 0.15) is 5.75 Å². The Balaban J connectivity index is 2.07. The van der Waals surface area contributed by atoms with Gasteiger partial charge in [-0.25, -0.2) is 0 Å². The van der Waals surface area contributed by atoms with Gasteiger partial charge in [0.25, 0.3) is 0 Å². The number of phenols is 1. The number of benzene rings is 2. The average molecular weight is 310 g/mol. The molecule has 0 heterocycles. The van der Waals surface area contributed by atoms with Crippen molar-refractivity contribution in [2.45, 2.75) is 18.9 Å². The van der Waals surface area contributed by atoms with Crippen LogP contribution in [0.5, 0.6) is 5.75 Å². The van der Waals surface area contributed by atoms with Gasteiger partial charge in [0.2, 0.25) is 0 Å². The lowest BCUT2D eigenvalue weighted by atomic mass is 9.99. The van der Waals surface area contributed by atoms with Crippen molar-refractivity contribution in [3.05, 3.63) is 63.6 Å². The summed E-state index contributed by atoms with van der Waals surface area (Å²) in [5, 5.41) is 14.0. The molecular weight excluding hydrogens is 293 g/mol. The van der Waals surface area contributed by atoms with E-state index >= 15 is 0 Å². The van der Waals surface area contributed by atoms with E-state index in [1.807, 2.05) is 31.3 Å². The molecule has 1 unspecified atom stereocenters. The first-order valence-corrected chi connectivity index (χ1v) is 7.23. The number of hydrogen-bond donors (Lipinski definition) is 2. The van der Waals surface area contributed by atoms with E-state index in [0.717, 1.165) is 18.4 Å². The van der Waals surface area contributed by atoms with Crippen molar-refractivity contribution in [2.24, 2.45) is 0 Å². The molecule has 106 valence electrons. The molecule has 2 rings (SSSR count). The zero-order chi connectivity index (χ0) is 14.5. The highest BCUT2D eigenvalue weighted by Gasteiger charge is 2.11. The van der Waals surface area contributed by atoms with Crippen molar-refractivity contribution in [2.75, 3.05) is 7.05 Å². The monoisotopic (exact) mass is 309 g/mol. The summed E-state index contributed by atoms with van der Waals surface area (Å²) in [7, 11) is 1.94. The van der Waals surface area contributed by atoms with Crippen LogP contribution in [0.15, 0.2) is 42.5 Å². The van der Waals surface area contributed by atoms with Gasteiger partial charge in [-0.2, -0.15) is 0 Å². The Hall–Kier alpha value is -1.22. The normalized spacial score (nSPS) is 12.3. The molecular formula is C16H17Cl2NO. The van der Waals surface area contributed by atoms with Crippen LogP contribution in [0.2, 0.25) is 10.0 Å². The maximum Gasteiger partial charge on any atom is 0.115 e. The summed E-state index contributed by atoms with van der Waals surface area (Å²) in [5.74, 6) is 0.288. The zero-order valence-electron chi connectivity index (χ0n) is 11.2. The van der Waals surface area contributed by atoms with Crippen molar-refractivity contribution in [1.82, 2.24) is 5.32 Å². The second-order valence-corrected chi connectivity index (χ2v) is 5.64. The molecule has 2 N–H and O–H groups in total. The minimum atomic E-state index is 0.276. The van der Waals surface area contributed by atoms with Crippen molar-refractivity contribution in [3.8, 4) is 5.75 Å². The highest BCUT2D eigenvalue weighted by atomic mass is 35.5. The van der Waals surface area contributed by atoms with Crippen molar-refractivity contribution >= 4 is 23.2 Å². The van der Waals surface area contributed by atoms with Gasteiger partial charge in [0.05, 0.1) is 0 Å². The number of rotatable bonds is 5. The van der Waals surface area contributed by atoms with E-state index in [9.17, 15) is 5.11 Å². The molecule has 0 aliphatic carbocycles. The van der Waals surface area contributed by atoms with Gasteiger partial charge in [-0.3, -0.25) is 0 Å². The van der Waals surface area contributed by atoms with Gasteiger partial charge in [-0.05, 0) is 55.3 Å². The van der Waals surface area contributed by atoms with Crippen molar-refractivity contribution in [3.63, 3.8) is 0 Å². The second-order valence-electron chi connectivity index (χ2n) is 4.80. The summed E-state index contributed by atoms with van der Waals surface area (Å²) < 4.78 is 0. The minimum absolute atomic E-state index is 0.276. The van der Waals surface area contributed by atoms with Crippen LogP contribution in [0.1, 0.15) is 11.1 Å². The molecule has 0 amide bonds. The summed E-state index contributed by atoms with van der Waals surface area (Å²) in [6, 6.07) is 13.1. The van der Waals surface area contributed by atoms with Crippen LogP contribution in [-0.4, -0.2) is 18.2 Å². The second kappa shape index (κ2) is 6.98. The number of likely N-dealkylation sites (N-methyl/N-ethyl adjacent to an activating group) is 1. The van der Waals surface area contributed by atoms with E-state index in [1.54, 1.807) is 18.2 Å². The molecule has 0 aromatic heterocycles. The van der Waals surface area contributed by atoms with Crippen LogP contribution in [0.25, 0.3) is 0 Å². The quantitative estimate of drug-likeness (QED) is 0.872. The Morgan fingerprint density at radius 3 is 2.35 bits per heavy atom. The Kier molecular flexibility index (Phi) is 5.30. The van der Waals surface area contributed by atoms with Crippen LogP contribution in [-0.2, 0) is 12.8 Å². The van der Waals surface area contributed by atoms with Gasteiger partial charge >= 0.3 is 0 Å². The smallest absolute Gasteiger partial charge is 0.115 e. The average Bonchev–Trinajstić information content (AvgIpc) is 2.43. The molecule has 1 atom stereocenters. The van der Waals surface area contributed by atoms with E-state index in [0.29, 0.717) is 10.0 Å². The molecule has 0 spiro atoms. The molecule has 2 aromatic rings. The summed E-state index contributed by atoms with van der Waals surface area (Å²) in [6.45, 7) is 0. The van der Waals surface area contributed by atoms with E-state index < -0.39 is 0 Å². The molecule has 2 nitrogen and oxygen atoms in total. The Morgan fingerprint density at radius 1 is 1.05 bits per heavy atom. The number of phenolic OH excluding ortho intramolecular Hbond substituents is 1. The molecule has 2 aromatic carbocycles. The fraction of sp³-hybridized carbons (Fsp3) is 0.250. The third-order valence-corrected chi connectivity index (χ3v) is 3.90. The van der Waals surface area contributed by atoms with Crippen LogP contribution < -0.4 is 5.32 Å². The van der Waals surface area contributed by atoms with Crippen molar-refractivity contribution < 1.29 is 5.11 Å². The first kappa shape index (κ1) is 15.2. The molecule has 0 aliphatic rings. The Labute approximate surface area is 129 Å². The largest absolute Gasteiger partial charge is 0.508 e. The van der Waals surface area contributed by atoms with Gasteiger partial charge in [-0.1, -0.05) is 41.4 Å². The maximum absolute atomic E-state index is 9.30.